The monoisotopic (exact) mass is 480 g/mol. The van der Waals surface area contributed by atoms with Crippen molar-refractivity contribution in [1.82, 2.24) is 10.2 Å². The van der Waals surface area contributed by atoms with E-state index in [9.17, 15) is 4.79 Å². The van der Waals surface area contributed by atoms with Gasteiger partial charge in [-0.15, -0.1) is 10.2 Å². The van der Waals surface area contributed by atoms with Crippen LogP contribution in [0.3, 0.4) is 0 Å². The molecule has 6 heteroatoms. The van der Waals surface area contributed by atoms with Gasteiger partial charge in [0.1, 0.15) is 5.75 Å². The maximum Gasteiger partial charge on any atom is 0.337 e. The first-order valence-corrected chi connectivity index (χ1v) is 12.0. The minimum Gasteiger partial charge on any atom is -0.494 e. The fourth-order valence-corrected chi connectivity index (χ4v) is 3.52. The molecule has 0 radical (unpaired) electrons. The van der Waals surface area contributed by atoms with Crippen LogP contribution in [0.15, 0.2) is 77.2 Å². The topological polar surface area (TPSA) is 74.5 Å². The molecule has 0 aliphatic rings. The number of carbonyl (C=O) groups excluding carboxylic acids is 1. The predicted molar refractivity (Wildman–Crippen MR) is 139 cm³/mol. The van der Waals surface area contributed by atoms with Crippen molar-refractivity contribution in [3.8, 4) is 40.5 Å². The number of unbranched alkanes of at least 4 members (excludes halogenated alkanes) is 3. The maximum atomic E-state index is 11.5. The summed E-state index contributed by atoms with van der Waals surface area (Å²) in [4.78, 5) is 11.5. The minimum absolute atomic E-state index is 0.367. The highest BCUT2D eigenvalue weighted by atomic mass is 16.5. The van der Waals surface area contributed by atoms with Crippen LogP contribution in [-0.4, -0.2) is 29.9 Å². The molecular weight excluding hydrogens is 452 g/mol. The predicted octanol–water partition coefficient (Wildman–Crippen LogP) is 6.55. The largest absolute Gasteiger partial charge is 0.494 e. The summed E-state index contributed by atoms with van der Waals surface area (Å²) in [5.74, 6) is 7.58. The Bertz CT molecular complexity index is 1330. The van der Waals surface area contributed by atoms with E-state index < -0.39 is 0 Å². The van der Waals surface area contributed by atoms with Crippen LogP contribution in [0.5, 0.6) is 5.75 Å². The SMILES string of the molecule is CCCCCCOc1ccc(-c2nnc(-c3ccc(C#Cc4ccc(C(=O)OC)cc4)cc3)o2)cc1. The number of nitrogens with zero attached hydrogens (tertiary/aromatic N) is 2. The van der Waals surface area contributed by atoms with Gasteiger partial charge >= 0.3 is 5.97 Å². The Morgan fingerprint density at radius 3 is 1.89 bits per heavy atom. The molecule has 36 heavy (non-hydrogen) atoms. The Balaban J connectivity index is 1.36. The van der Waals surface area contributed by atoms with Crippen LogP contribution in [-0.2, 0) is 4.74 Å². The third kappa shape index (κ3) is 6.61. The number of methoxy groups -OCH3 is 1. The van der Waals surface area contributed by atoms with Crippen molar-refractivity contribution < 1.29 is 18.7 Å². The van der Waals surface area contributed by atoms with Crippen LogP contribution in [0.2, 0.25) is 0 Å². The van der Waals surface area contributed by atoms with Gasteiger partial charge < -0.3 is 13.9 Å². The maximum absolute atomic E-state index is 11.5. The summed E-state index contributed by atoms with van der Waals surface area (Å²) in [6.07, 6.45) is 4.72. The van der Waals surface area contributed by atoms with E-state index in [0.717, 1.165) is 41.0 Å². The van der Waals surface area contributed by atoms with E-state index in [1.54, 1.807) is 24.3 Å². The molecule has 0 saturated carbocycles. The van der Waals surface area contributed by atoms with Crippen LogP contribution >= 0.6 is 0 Å². The number of esters is 1. The number of hydrogen-bond acceptors (Lipinski definition) is 6. The van der Waals surface area contributed by atoms with Gasteiger partial charge in [0.15, 0.2) is 0 Å². The quantitative estimate of drug-likeness (QED) is 0.154. The summed E-state index contributed by atoms with van der Waals surface area (Å²) in [6, 6.07) is 22.3. The van der Waals surface area contributed by atoms with E-state index in [1.807, 2.05) is 48.5 Å². The van der Waals surface area contributed by atoms with Crippen molar-refractivity contribution >= 4 is 5.97 Å². The van der Waals surface area contributed by atoms with Crippen LogP contribution in [0.4, 0.5) is 0 Å². The van der Waals surface area contributed by atoms with Crippen LogP contribution in [0.25, 0.3) is 22.9 Å². The van der Waals surface area contributed by atoms with E-state index in [1.165, 1.54) is 26.4 Å². The van der Waals surface area contributed by atoms with Gasteiger partial charge in [-0.2, -0.15) is 0 Å². The number of hydrogen-bond donors (Lipinski definition) is 0. The molecule has 0 amide bonds. The highest BCUT2D eigenvalue weighted by Crippen LogP contribution is 2.25. The Labute approximate surface area is 211 Å². The second kappa shape index (κ2) is 12.4. The molecule has 0 bridgehead atoms. The number of ether oxygens (including phenoxy) is 2. The third-order valence-corrected chi connectivity index (χ3v) is 5.58. The summed E-state index contributed by atoms with van der Waals surface area (Å²) in [6.45, 7) is 2.93. The van der Waals surface area contributed by atoms with E-state index in [4.69, 9.17) is 13.9 Å². The van der Waals surface area contributed by atoms with Crippen LogP contribution in [0, 0.1) is 11.8 Å². The summed E-state index contributed by atoms with van der Waals surface area (Å²) < 4.78 is 16.4. The molecule has 4 aromatic rings. The Morgan fingerprint density at radius 2 is 1.33 bits per heavy atom. The molecule has 0 aliphatic heterocycles. The molecule has 0 unspecified atom stereocenters. The van der Waals surface area contributed by atoms with Gasteiger partial charge in [-0.05, 0) is 79.2 Å². The lowest BCUT2D eigenvalue weighted by molar-refractivity contribution is 0.0600. The summed E-state index contributed by atoms with van der Waals surface area (Å²) in [7, 11) is 1.36. The number of aromatic nitrogens is 2. The van der Waals surface area contributed by atoms with Gasteiger partial charge in [0.2, 0.25) is 11.8 Å². The Hall–Kier alpha value is -4.37. The molecule has 1 aromatic heterocycles. The first kappa shape index (κ1) is 24.7. The number of benzene rings is 3. The van der Waals surface area contributed by atoms with Gasteiger partial charge in [0.25, 0.3) is 0 Å². The molecule has 0 aliphatic carbocycles. The smallest absolute Gasteiger partial charge is 0.337 e. The van der Waals surface area contributed by atoms with Gasteiger partial charge in [-0.3, -0.25) is 0 Å². The van der Waals surface area contributed by atoms with Crippen molar-refractivity contribution in [1.29, 1.82) is 0 Å². The third-order valence-electron chi connectivity index (χ3n) is 5.58. The summed E-state index contributed by atoms with van der Waals surface area (Å²) in [5.41, 5.74) is 3.80. The molecule has 0 N–H and O–H groups in total. The van der Waals surface area contributed by atoms with Crippen molar-refractivity contribution in [2.45, 2.75) is 32.6 Å². The Kier molecular flexibility index (Phi) is 8.50. The first-order chi connectivity index (χ1) is 17.7. The molecule has 1 heterocycles. The second-order valence-electron chi connectivity index (χ2n) is 8.24. The lowest BCUT2D eigenvalue weighted by Gasteiger charge is -2.06. The number of carbonyl (C=O) groups is 1. The van der Waals surface area contributed by atoms with Crippen LogP contribution in [0.1, 0.15) is 54.1 Å². The highest BCUT2D eigenvalue weighted by molar-refractivity contribution is 5.89. The lowest BCUT2D eigenvalue weighted by atomic mass is 10.1. The van der Waals surface area contributed by atoms with Crippen LogP contribution < -0.4 is 4.74 Å². The zero-order chi connectivity index (χ0) is 25.2. The second-order valence-corrected chi connectivity index (χ2v) is 8.24. The van der Waals surface area contributed by atoms with E-state index >= 15 is 0 Å². The molecule has 0 atom stereocenters. The normalized spacial score (nSPS) is 10.4. The standard InChI is InChI=1S/C30H28N2O4/c1-3-4-5-6-21-35-27-19-17-25(18-20-27)29-32-31-28(36-29)24-13-9-22(10-14-24)7-8-23-11-15-26(16-12-23)30(33)34-2/h9-20H,3-6,21H2,1-2H3. The first-order valence-electron chi connectivity index (χ1n) is 12.0. The van der Waals surface area contributed by atoms with Crippen molar-refractivity contribution in [2.24, 2.45) is 0 Å². The fourth-order valence-electron chi connectivity index (χ4n) is 3.52. The van der Waals surface area contributed by atoms with Crippen molar-refractivity contribution in [3.63, 3.8) is 0 Å². The van der Waals surface area contributed by atoms with Crippen molar-refractivity contribution in [2.75, 3.05) is 13.7 Å². The van der Waals surface area contributed by atoms with Gasteiger partial charge in [-0.1, -0.05) is 38.0 Å². The van der Waals surface area contributed by atoms with Gasteiger partial charge in [-0.25, -0.2) is 4.79 Å². The molecule has 4 rings (SSSR count). The lowest BCUT2D eigenvalue weighted by Crippen LogP contribution is -2.00. The molecular formula is C30H28N2O4. The number of rotatable bonds is 9. The minimum atomic E-state index is -0.367. The molecule has 3 aromatic carbocycles. The average Bonchev–Trinajstić information content (AvgIpc) is 3.43. The molecule has 6 nitrogen and oxygen atoms in total. The molecule has 182 valence electrons. The molecule has 0 saturated heterocycles. The summed E-state index contributed by atoms with van der Waals surface area (Å²) >= 11 is 0. The molecule has 0 spiro atoms. The Morgan fingerprint density at radius 1 is 0.778 bits per heavy atom. The van der Waals surface area contributed by atoms with Gasteiger partial charge in [0, 0.05) is 22.3 Å². The average molecular weight is 481 g/mol. The zero-order valence-corrected chi connectivity index (χ0v) is 20.5. The fraction of sp³-hybridized carbons (Fsp3) is 0.233. The van der Waals surface area contributed by atoms with E-state index in [2.05, 4.69) is 29.0 Å². The van der Waals surface area contributed by atoms with E-state index in [0.29, 0.717) is 17.3 Å². The van der Waals surface area contributed by atoms with Gasteiger partial charge in [0.05, 0.1) is 19.3 Å². The highest BCUT2D eigenvalue weighted by Gasteiger charge is 2.11. The zero-order valence-electron chi connectivity index (χ0n) is 20.5. The van der Waals surface area contributed by atoms with E-state index in [-0.39, 0.29) is 5.97 Å². The summed E-state index contributed by atoms with van der Waals surface area (Å²) in [5, 5.41) is 8.39. The molecule has 0 fully saturated rings. The van der Waals surface area contributed by atoms with Crippen molar-refractivity contribution in [3.05, 3.63) is 89.5 Å².